The van der Waals surface area contributed by atoms with E-state index in [2.05, 4.69) is 20.9 Å². The van der Waals surface area contributed by atoms with Crippen LogP contribution < -0.4 is 0 Å². The molecule has 0 saturated carbocycles. The lowest BCUT2D eigenvalue weighted by Gasteiger charge is -2.41. The highest BCUT2D eigenvalue weighted by atomic mass is 79.9. The number of morpholine rings is 1. The van der Waals surface area contributed by atoms with Crippen LogP contribution in [-0.2, 0) is 14.2 Å². The summed E-state index contributed by atoms with van der Waals surface area (Å²) in [7, 11) is 1.59. The lowest BCUT2D eigenvalue weighted by atomic mass is 10.0. The van der Waals surface area contributed by atoms with Gasteiger partial charge in [0.05, 0.1) is 19.3 Å². The lowest BCUT2D eigenvalue weighted by molar-refractivity contribution is -0.0942. The van der Waals surface area contributed by atoms with E-state index in [1.807, 2.05) is 26.8 Å². The monoisotopic (exact) mass is 420 g/mol. The molecule has 1 aromatic heterocycles. The van der Waals surface area contributed by atoms with E-state index in [1.54, 1.807) is 18.1 Å². The number of rotatable bonds is 3. The zero-order valence-electron chi connectivity index (χ0n) is 14.2. The summed E-state index contributed by atoms with van der Waals surface area (Å²) in [5, 5.41) is 0.355. The van der Waals surface area contributed by atoms with E-state index in [0.29, 0.717) is 29.5 Å². The largest absolute Gasteiger partial charge is 0.444 e. The van der Waals surface area contributed by atoms with E-state index >= 15 is 0 Å². The number of methoxy groups -OCH3 is 1. The molecule has 0 spiro atoms. The molecule has 1 aliphatic rings. The Morgan fingerprint density at radius 1 is 1.50 bits per heavy atom. The number of aromatic nitrogens is 1. The second-order valence-corrected chi connectivity index (χ2v) is 7.73. The molecule has 0 radical (unpaired) electrons. The molecule has 0 bridgehead atoms. The van der Waals surface area contributed by atoms with E-state index in [0.717, 1.165) is 5.56 Å². The van der Waals surface area contributed by atoms with Crippen molar-refractivity contribution in [1.82, 2.24) is 9.88 Å². The fourth-order valence-corrected chi connectivity index (χ4v) is 3.35. The van der Waals surface area contributed by atoms with Gasteiger partial charge in [0.25, 0.3) is 0 Å². The molecule has 8 heteroatoms. The number of hydrogen-bond donors (Lipinski definition) is 0. The second kappa shape index (κ2) is 7.99. The Morgan fingerprint density at radius 2 is 2.21 bits per heavy atom. The third-order valence-corrected chi connectivity index (χ3v) is 4.06. The maximum Gasteiger partial charge on any atom is 0.410 e. The molecule has 2 atom stereocenters. The molecular weight excluding hydrogens is 400 g/mol. The molecule has 1 amide bonds. The highest BCUT2D eigenvalue weighted by Gasteiger charge is 2.38. The lowest BCUT2D eigenvalue weighted by Crippen LogP contribution is -2.53. The summed E-state index contributed by atoms with van der Waals surface area (Å²) in [5.41, 5.74) is 0.267. The first-order chi connectivity index (χ1) is 11.2. The van der Waals surface area contributed by atoms with Gasteiger partial charge in [-0.2, -0.15) is 0 Å². The van der Waals surface area contributed by atoms with Gasteiger partial charge in [0.1, 0.15) is 21.5 Å². The maximum absolute atomic E-state index is 12.6. The summed E-state index contributed by atoms with van der Waals surface area (Å²) in [6.45, 7) is 6.69. The van der Waals surface area contributed by atoms with Gasteiger partial charge in [-0.3, -0.25) is 4.90 Å². The third kappa shape index (κ3) is 5.05. The van der Waals surface area contributed by atoms with Crippen molar-refractivity contribution in [3.8, 4) is 0 Å². The standard InChI is InChI=1S/C16H22BrClN2O4/c1-16(2,3)24-15(21)20-5-6-23-14(11(20)9-22-4)10-7-12(17)19-13(18)8-10/h7-8,11,14H,5-6,9H2,1-4H3. The first-order valence-corrected chi connectivity index (χ1v) is 8.81. The summed E-state index contributed by atoms with van der Waals surface area (Å²) in [6, 6.07) is 3.25. The first-order valence-electron chi connectivity index (χ1n) is 7.64. The highest BCUT2D eigenvalue weighted by Crippen LogP contribution is 2.32. The van der Waals surface area contributed by atoms with Gasteiger partial charge in [0, 0.05) is 13.7 Å². The Balaban J connectivity index is 2.29. The molecule has 24 heavy (non-hydrogen) atoms. The van der Waals surface area contributed by atoms with Crippen LogP contribution in [0.3, 0.4) is 0 Å². The van der Waals surface area contributed by atoms with Gasteiger partial charge in [-0.25, -0.2) is 9.78 Å². The van der Waals surface area contributed by atoms with E-state index in [-0.39, 0.29) is 18.2 Å². The molecule has 1 aliphatic heterocycles. The Bertz CT molecular complexity index is 574. The second-order valence-electron chi connectivity index (χ2n) is 6.53. The minimum absolute atomic E-state index is 0.316. The number of carbonyl (C=O) groups excluding carboxylic acids is 1. The molecule has 1 saturated heterocycles. The Kier molecular flexibility index (Phi) is 6.47. The van der Waals surface area contributed by atoms with Crippen molar-refractivity contribution in [2.75, 3.05) is 26.9 Å². The van der Waals surface area contributed by atoms with Gasteiger partial charge < -0.3 is 14.2 Å². The van der Waals surface area contributed by atoms with Crippen LogP contribution in [0, 0.1) is 0 Å². The van der Waals surface area contributed by atoms with Crippen molar-refractivity contribution < 1.29 is 19.0 Å². The molecular formula is C16H22BrClN2O4. The average Bonchev–Trinajstić information content (AvgIpc) is 2.44. The average molecular weight is 422 g/mol. The zero-order chi connectivity index (χ0) is 17.9. The van der Waals surface area contributed by atoms with Gasteiger partial charge in [-0.1, -0.05) is 11.6 Å². The predicted molar refractivity (Wildman–Crippen MR) is 94.2 cm³/mol. The minimum atomic E-state index is -0.564. The summed E-state index contributed by atoms with van der Waals surface area (Å²) >= 11 is 9.38. The SMILES string of the molecule is COCC1C(c2cc(Cl)nc(Br)c2)OCCN1C(=O)OC(C)(C)C. The number of halogens is 2. The molecule has 1 aromatic rings. The van der Waals surface area contributed by atoms with Gasteiger partial charge in [0.2, 0.25) is 0 Å². The molecule has 1 fully saturated rings. The number of hydrogen-bond acceptors (Lipinski definition) is 5. The van der Waals surface area contributed by atoms with Crippen molar-refractivity contribution in [3.63, 3.8) is 0 Å². The van der Waals surface area contributed by atoms with Crippen LogP contribution in [0.1, 0.15) is 32.4 Å². The van der Waals surface area contributed by atoms with Crippen LogP contribution in [0.4, 0.5) is 4.79 Å². The molecule has 6 nitrogen and oxygen atoms in total. The van der Waals surface area contributed by atoms with Crippen molar-refractivity contribution in [2.24, 2.45) is 0 Å². The molecule has 2 unspecified atom stereocenters. The van der Waals surface area contributed by atoms with Crippen LogP contribution in [0.5, 0.6) is 0 Å². The van der Waals surface area contributed by atoms with Gasteiger partial charge >= 0.3 is 6.09 Å². The Morgan fingerprint density at radius 3 is 2.79 bits per heavy atom. The summed E-state index contributed by atoms with van der Waals surface area (Å²) < 4.78 is 17.4. The molecule has 2 rings (SSSR count). The predicted octanol–water partition coefficient (Wildman–Crippen LogP) is 3.82. The summed E-state index contributed by atoms with van der Waals surface area (Å²) in [4.78, 5) is 18.3. The highest BCUT2D eigenvalue weighted by molar-refractivity contribution is 9.10. The molecule has 0 N–H and O–H groups in total. The topological polar surface area (TPSA) is 60.9 Å². The van der Waals surface area contributed by atoms with E-state index < -0.39 is 5.60 Å². The smallest absolute Gasteiger partial charge is 0.410 e. The third-order valence-electron chi connectivity index (χ3n) is 3.46. The number of pyridine rings is 1. The molecule has 0 aromatic carbocycles. The van der Waals surface area contributed by atoms with Crippen molar-refractivity contribution in [2.45, 2.75) is 38.5 Å². The van der Waals surface area contributed by atoms with Crippen LogP contribution in [-0.4, -0.2) is 54.5 Å². The van der Waals surface area contributed by atoms with E-state index in [4.69, 9.17) is 25.8 Å². The van der Waals surface area contributed by atoms with Crippen molar-refractivity contribution in [3.05, 3.63) is 27.5 Å². The van der Waals surface area contributed by atoms with Crippen molar-refractivity contribution >= 4 is 33.6 Å². The zero-order valence-corrected chi connectivity index (χ0v) is 16.6. The van der Waals surface area contributed by atoms with Crippen LogP contribution >= 0.6 is 27.5 Å². The number of carbonyl (C=O) groups is 1. The van der Waals surface area contributed by atoms with Gasteiger partial charge in [0.15, 0.2) is 0 Å². The summed E-state index contributed by atoms with van der Waals surface area (Å²) in [5.74, 6) is 0. The number of ether oxygens (including phenoxy) is 3. The normalized spacial score (nSPS) is 21.7. The van der Waals surface area contributed by atoms with E-state index in [1.165, 1.54) is 0 Å². The Labute approximate surface area is 155 Å². The fourth-order valence-electron chi connectivity index (χ4n) is 2.58. The maximum atomic E-state index is 12.6. The fraction of sp³-hybridized carbons (Fsp3) is 0.625. The number of nitrogens with zero attached hydrogens (tertiary/aromatic N) is 2. The van der Waals surface area contributed by atoms with Crippen LogP contribution in [0.15, 0.2) is 16.7 Å². The first kappa shape index (κ1) is 19.4. The Hall–Kier alpha value is -0.890. The summed E-state index contributed by atoms with van der Waals surface area (Å²) in [6.07, 6.45) is -0.750. The minimum Gasteiger partial charge on any atom is -0.444 e. The van der Waals surface area contributed by atoms with E-state index in [9.17, 15) is 4.79 Å². The quantitative estimate of drug-likeness (QED) is 0.694. The van der Waals surface area contributed by atoms with Gasteiger partial charge in [-0.15, -0.1) is 0 Å². The van der Waals surface area contributed by atoms with Crippen LogP contribution in [0.25, 0.3) is 0 Å². The molecule has 0 aliphatic carbocycles. The molecule has 2 heterocycles. The van der Waals surface area contributed by atoms with Gasteiger partial charge in [-0.05, 0) is 54.4 Å². The van der Waals surface area contributed by atoms with Crippen LogP contribution in [0.2, 0.25) is 5.15 Å². The van der Waals surface area contributed by atoms with Crippen molar-refractivity contribution in [1.29, 1.82) is 0 Å². The molecule has 134 valence electrons. The number of amides is 1.